The smallest absolute Gasteiger partial charge is 0.341 e. The van der Waals surface area contributed by atoms with Crippen LogP contribution in [0.3, 0.4) is 0 Å². The zero-order chi connectivity index (χ0) is 22.1. The van der Waals surface area contributed by atoms with E-state index >= 15 is 0 Å². The summed E-state index contributed by atoms with van der Waals surface area (Å²) in [6.45, 7) is 4.57. The van der Waals surface area contributed by atoms with Crippen molar-refractivity contribution in [3.05, 3.63) is 45.8 Å². The van der Waals surface area contributed by atoms with E-state index in [4.69, 9.17) is 4.74 Å². The number of thiophene rings is 1. The van der Waals surface area contributed by atoms with Crippen LogP contribution in [0.1, 0.15) is 38.1 Å². The Balaban J connectivity index is 0.00000341. The van der Waals surface area contributed by atoms with Crippen LogP contribution in [0.25, 0.3) is 0 Å². The van der Waals surface area contributed by atoms with E-state index in [1.54, 1.807) is 0 Å². The van der Waals surface area contributed by atoms with Crippen molar-refractivity contribution in [3.63, 3.8) is 0 Å². The minimum absolute atomic E-state index is 0. The number of amides is 1. The van der Waals surface area contributed by atoms with E-state index in [-0.39, 0.29) is 17.3 Å². The van der Waals surface area contributed by atoms with Crippen molar-refractivity contribution in [2.24, 2.45) is 0 Å². The molecule has 0 bridgehead atoms. The minimum Gasteiger partial charge on any atom is -0.465 e. The number of sulfonamides is 1. The average Bonchev–Trinajstić information content (AvgIpc) is 3.09. The number of nitrogens with one attached hydrogen (secondary N) is 1. The van der Waals surface area contributed by atoms with Crippen LogP contribution in [0.4, 0.5) is 5.00 Å². The van der Waals surface area contributed by atoms with Crippen LogP contribution in [-0.4, -0.2) is 63.8 Å². The summed E-state index contributed by atoms with van der Waals surface area (Å²) in [7, 11) is 0.645. The van der Waals surface area contributed by atoms with E-state index in [0.717, 1.165) is 40.8 Å². The molecule has 0 saturated heterocycles. The lowest BCUT2D eigenvalue weighted by molar-refractivity contribution is 0.0600. The molecule has 11 heteroatoms. The van der Waals surface area contributed by atoms with E-state index in [0.29, 0.717) is 16.1 Å². The number of esters is 1. The van der Waals surface area contributed by atoms with Crippen molar-refractivity contribution in [2.45, 2.75) is 24.8 Å². The quantitative estimate of drug-likeness (QED) is 0.629. The molecule has 0 saturated carbocycles. The van der Waals surface area contributed by atoms with Gasteiger partial charge in [-0.25, -0.2) is 17.5 Å². The van der Waals surface area contributed by atoms with E-state index in [1.165, 1.54) is 56.8 Å². The second-order valence-electron chi connectivity index (χ2n) is 7.08. The fraction of sp³-hybridized carbons (Fsp3) is 0.400. The number of hydrogen-bond donors (Lipinski definition) is 1. The van der Waals surface area contributed by atoms with Crippen LogP contribution < -0.4 is 5.32 Å². The molecule has 1 aromatic carbocycles. The van der Waals surface area contributed by atoms with Gasteiger partial charge < -0.3 is 10.1 Å². The Morgan fingerprint density at radius 1 is 1.23 bits per heavy atom. The van der Waals surface area contributed by atoms with Crippen molar-refractivity contribution < 1.29 is 22.7 Å². The lowest BCUT2D eigenvalue weighted by Gasteiger charge is -2.25. The maximum absolute atomic E-state index is 12.8. The van der Waals surface area contributed by atoms with E-state index in [1.807, 2.05) is 0 Å². The molecule has 8 nitrogen and oxygen atoms in total. The van der Waals surface area contributed by atoms with E-state index in [2.05, 4.69) is 17.1 Å². The van der Waals surface area contributed by atoms with Gasteiger partial charge in [0.2, 0.25) is 10.0 Å². The fourth-order valence-electron chi connectivity index (χ4n) is 3.30. The monoisotopic (exact) mass is 487 g/mol. The standard InChI is InChI=1S/C20H25N3O5S2.ClH/c1-5-23-11-10-15-16(12-23)29-19(17(15)20(25)28-4)21-18(24)13-6-8-14(9-7-13)30(26,27)22(2)3;/h6-9H,5,10-12H2,1-4H3,(H,21,24);1H. The number of carbonyl (C=O) groups excluding carboxylic acids is 2. The molecule has 3 rings (SSSR count). The third kappa shape index (κ3) is 5.09. The number of fused-ring (bicyclic) bond motifs is 1. The molecule has 0 unspecified atom stereocenters. The summed E-state index contributed by atoms with van der Waals surface area (Å²) in [5.41, 5.74) is 1.64. The van der Waals surface area contributed by atoms with Gasteiger partial charge >= 0.3 is 5.97 Å². The van der Waals surface area contributed by atoms with Gasteiger partial charge in [0.05, 0.1) is 17.6 Å². The highest BCUT2D eigenvalue weighted by molar-refractivity contribution is 7.89. The van der Waals surface area contributed by atoms with Crippen molar-refractivity contribution >= 4 is 50.6 Å². The third-order valence-corrected chi connectivity index (χ3v) is 8.06. The molecular formula is C20H26ClN3O5S2. The third-order valence-electron chi connectivity index (χ3n) is 5.09. The molecule has 0 atom stereocenters. The number of likely N-dealkylation sites (N-methyl/N-ethyl adjacent to an activating group) is 1. The van der Waals surface area contributed by atoms with Gasteiger partial charge in [-0.3, -0.25) is 9.69 Å². The number of anilines is 1. The number of rotatable bonds is 6. The van der Waals surface area contributed by atoms with Crippen LogP contribution in [0.2, 0.25) is 0 Å². The highest BCUT2D eigenvalue weighted by atomic mass is 35.5. The van der Waals surface area contributed by atoms with Crippen molar-refractivity contribution in [1.29, 1.82) is 0 Å². The number of halogens is 1. The largest absolute Gasteiger partial charge is 0.465 e. The number of methoxy groups -OCH3 is 1. The van der Waals surface area contributed by atoms with Crippen LogP contribution in [0.15, 0.2) is 29.2 Å². The van der Waals surface area contributed by atoms with Crippen molar-refractivity contribution in [3.8, 4) is 0 Å². The van der Waals surface area contributed by atoms with Gasteiger partial charge in [0.25, 0.3) is 5.91 Å². The Labute approximate surface area is 192 Å². The lowest BCUT2D eigenvalue weighted by Crippen LogP contribution is -2.29. The van der Waals surface area contributed by atoms with Crippen LogP contribution in [0, 0.1) is 0 Å². The summed E-state index contributed by atoms with van der Waals surface area (Å²) in [6, 6.07) is 5.69. The maximum Gasteiger partial charge on any atom is 0.341 e. The number of ether oxygens (including phenoxy) is 1. The molecule has 1 aliphatic heterocycles. The number of hydrogen-bond acceptors (Lipinski definition) is 7. The Morgan fingerprint density at radius 3 is 2.42 bits per heavy atom. The molecule has 31 heavy (non-hydrogen) atoms. The van der Waals surface area contributed by atoms with Gasteiger partial charge in [-0.05, 0) is 42.8 Å². The van der Waals surface area contributed by atoms with E-state index in [9.17, 15) is 18.0 Å². The van der Waals surface area contributed by atoms with Gasteiger partial charge in [0.15, 0.2) is 0 Å². The summed E-state index contributed by atoms with van der Waals surface area (Å²) in [5.74, 6) is -0.889. The Bertz CT molecular complexity index is 1070. The van der Waals surface area contributed by atoms with Gasteiger partial charge in [0, 0.05) is 37.6 Å². The van der Waals surface area contributed by atoms with Crippen LogP contribution in [0.5, 0.6) is 0 Å². The number of nitrogens with zero attached hydrogens (tertiary/aromatic N) is 2. The normalized spacial score (nSPS) is 14.0. The first-order valence-corrected chi connectivity index (χ1v) is 11.7. The van der Waals surface area contributed by atoms with Gasteiger partial charge in [-0.15, -0.1) is 23.7 Å². The second-order valence-corrected chi connectivity index (χ2v) is 10.3. The first-order valence-electron chi connectivity index (χ1n) is 9.48. The summed E-state index contributed by atoms with van der Waals surface area (Å²) in [4.78, 5) is 28.6. The lowest BCUT2D eigenvalue weighted by atomic mass is 10.0. The van der Waals surface area contributed by atoms with Gasteiger partial charge in [0.1, 0.15) is 5.00 Å². The minimum atomic E-state index is -3.57. The molecule has 1 aromatic heterocycles. The van der Waals surface area contributed by atoms with Crippen molar-refractivity contribution in [1.82, 2.24) is 9.21 Å². The highest BCUT2D eigenvalue weighted by Crippen LogP contribution is 2.37. The van der Waals surface area contributed by atoms with Gasteiger partial charge in [-0.1, -0.05) is 6.92 Å². The summed E-state index contributed by atoms with van der Waals surface area (Å²) >= 11 is 1.38. The Morgan fingerprint density at radius 2 is 1.87 bits per heavy atom. The molecule has 0 radical (unpaired) electrons. The average molecular weight is 488 g/mol. The predicted molar refractivity (Wildman–Crippen MR) is 123 cm³/mol. The zero-order valence-electron chi connectivity index (χ0n) is 17.8. The highest BCUT2D eigenvalue weighted by Gasteiger charge is 2.29. The molecular weight excluding hydrogens is 462 g/mol. The summed E-state index contributed by atoms with van der Waals surface area (Å²) < 4.78 is 30.4. The van der Waals surface area contributed by atoms with Crippen molar-refractivity contribution in [2.75, 3.05) is 39.6 Å². The summed E-state index contributed by atoms with van der Waals surface area (Å²) in [5, 5.41) is 3.27. The molecule has 1 aliphatic rings. The van der Waals surface area contributed by atoms with E-state index < -0.39 is 21.9 Å². The first-order chi connectivity index (χ1) is 14.2. The molecule has 0 spiro atoms. The summed E-state index contributed by atoms with van der Waals surface area (Å²) in [6.07, 6.45) is 0.719. The van der Waals surface area contributed by atoms with Crippen LogP contribution >= 0.6 is 23.7 Å². The van der Waals surface area contributed by atoms with Gasteiger partial charge in [-0.2, -0.15) is 0 Å². The molecule has 1 amide bonds. The zero-order valence-corrected chi connectivity index (χ0v) is 20.2. The second kappa shape index (κ2) is 10.1. The topological polar surface area (TPSA) is 96.0 Å². The maximum atomic E-state index is 12.8. The molecule has 0 fully saturated rings. The number of benzene rings is 1. The molecule has 170 valence electrons. The molecule has 0 aliphatic carbocycles. The van der Waals surface area contributed by atoms with Crippen LogP contribution in [-0.2, 0) is 27.7 Å². The molecule has 1 N–H and O–H groups in total. The molecule has 2 heterocycles. The fourth-order valence-corrected chi connectivity index (χ4v) is 5.47. The Hall–Kier alpha value is -1.98. The SMILES string of the molecule is CCN1CCc2c(sc(NC(=O)c3ccc(S(=O)(=O)N(C)C)cc3)c2C(=O)OC)C1.Cl. The number of carbonyl (C=O) groups is 2. The Kier molecular flexibility index (Phi) is 8.23. The first kappa shape index (κ1) is 25.3. The predicted octanol–water partition coefficient (Wildman–Crippen LogP) is 2.84. The molecule has 2 aromatic rings.